The van der Waals surface area contributed by atoms with E-state index >= 15 is 0 Å². The van der Waals surface area contributed by atoms with Gasteiger partial charge in [-0.15, -0.1) is 0 Å². The number of unbranched alkanes of at least 4 members (excludes halogenated alkanes) is 4. The molecule has 0 amide bonds. The van der Waals surface area contributed by atoms with E-state index in [1.165, 1.54) is 25.7 Å². The van der Waals surface area contributed by atoms with E-state index in [4.69, 9.17) is 0 Å². The Morgan fingerprint density at radius 2 is 1.33 bits per heavy atom. The van der Waals surface area contributed by atoms with Crippen LogP contribution < -0.4 is 0 Å². The van der Waals surface area contributed by atoms with Crippen LogP contribution in [-0.4, -0.2) is 6.61 Å². The molecule has 126 valence electrons. The summed E-state index contributed by atoms with van der Waals surface area (Å²) in [6.45, 7) is 8.00. The standard InChI is InChI=1S/C12H24O9/c1-4-13-15-17-19-21-20-18-16-14-11-9-7-5-6-8-10-12(2)3/h4,12H,1,5-11H2,2-3H3. The van der Waals surface area contributed by atoms with E-state index in [1.807, 2.05) is 0 Å². The van der Waals surface area contributed by atoms with Crippen LogP contribution in [-0.2, 0) is 45.0 Å². The van der Waals surface area contributed by atoms with E-state index in [9.17, 15) is 0 Å². The fourth-order valence-corrected chi connectivity index (χ4v) is 1.40. The lowest BCUT2D eigenvalue weighted by Gasteiger charge is -2.04. The molecule has 0 fully saturated rings. The van der Waals surface area contributed by atoms with Crippen molar-refractivity contribution in [3.05, 3.63) is 12.8 Å². The molecule has 0 unspecified atom stereocenters. The monoisotopic (exact) mass is 312 g/mol. The first-order valence-corrected chi connectivity index (χ1v) is 6.83. The van der Waals surface area contributed by atoms with Gasteiger partial charge in [0.25, 0.3) is 0 Å². The molecule has 0 aliphatic rings. The molecule has 0 saturated carbocycles. The van der Waals surface area contributed by atoms with Gasteiger partial charge in [-0.1, -0.05) is 52.5 Å². The van der Waals surface area contributed by atoms with Crippen molar-refractivity contribution in [1.29, 1.82) is 0 Å². The molecule has 9 heteroatoms. The van der Waals surface area contributed by atoms with Gasteiger partial charge in [0.15, 0.2) is 0 Å². The van der Waals surface area contributed by atoms with Crippen LogP contribution in [0, 0.1) is 5.92 Å². The molecule has 0 heterocycles. The van der Waals surface area contributed by atoms with Gasteiger partial charge < -0.3 is 4.89 Å². The summed E-state index contributed by atoms with van der Waals surface area (Å²) in [5.74, 6) is 0.775. The van der Waals surface area contributed by atoms with Crippen LogP contribution in [0.5, 0.6) is 0 Å². The third-order valence-electron chi connectivity index (χ3n) is 2.33. The van der Waals surface area contributed by atoms with E-state index in [0.29, 0.717) is 6.61 Å². The van der Waals surface area contributed by atoms with Gasteiger partial charge in [-0.2, -0.15) is 0 Å². The van der Waals surface area contributed by atoms with Gasteiger partial charge in [0.2, 0.25) is 0 Å². The summed E-state index contributed by atoms with van der Waals surface area (Å²) >= 11 is 0. The van der Waals surface area contributed by atoms with E-state index in [1.54, 1.807) is 0 Å². The van der Waals surface area contributed by atoms with Crippen molar-refractivity contribution in [3.8, 4) is 0 Å². The van der Waals surface area contributed by atoms with Crippen LogP contribution >= 0.6 is 0 Å². The Hall–Kier alpha value is -0.780. The summed E-state index contributed by atoms with van der Waals surface area (Å²) in [7, 11) is 0. The number of rotatable bonds is 17. The predicted octanol–water partition coefficient (Wildman–Crippen LogP) is 3.60. The van der Waals surface area contributed by atoms with Crippen molar-refractivity contribution in [3.63, 3.8) is 0 Å². The fraction of sp³-hybridized carbons (Fsp3) is 0.833. The van der Waals surface area contributed by atoms with E-state index in [2.05, 4.69) is 65.5 Å². The second-order valence-electron chi connectivity index (χ2n) is 4.51. The van der Waals surface area contributed by atoms with Crippen LogP contribution in [0.25, 0.3) is 0 Å². The van der Waals surface area contributed by atoms with Gasteiger partial charge in [-0.05, 0) is 27.5 Å². The predicted molar refractivity (Wildman–Crippen MR) is 67.4 cm³/mol. The average Bonchev–Trinajstić information content (AvgIpc) is 2.46. The SMILES string of the molecule is C=COOOOOOOOOCCCCCCCC(C)C. The first-order valence-electron chi connectivity index (χ1n) is 6.83. The zero-order valence-corrected chi connectivity index (χ0v) is 12.5. The Labute approximate surface area is 124 Å². The minimum Gasteiger partial charge on any atom is -0.315 e. The van der Waals surface area contributed by atoms with Crippen molar-refractivity contribution >= 4 is 0 Å². The molecule has 0 aromatic rings. The third-order valence-corrected chi connectivity index (χ3v) is 2.33. The Bertz CT molecular complexity index is 213. The molecule has 0 aliphatic carbocycles. The topological polar surface area (TPSA) is 83.1 Å². The van der Waals surface area contributed by atoms with Crippen molar-refractivity contribution in [2.45, 2.75) is 52.4 Å². The molecule has 0 bridgehead atoms. The van der Waals surface area contributed by atoms with E-state index < -0.39 is 0 Å². The summed E-state index contributed by atoms with van der Waals surface area (Å²) in [5.41, 5.74) is 0. The Morgan fingerprint density at radius 1 is 0.762 bits per heavy atom. The smallest absolute Gasteiger partial charge is 0.125 e. The summed E-state index contributed by atoms with van der Waals surface area (Å²) in [6.07, 6.45) is 7.83. The van der Waals surface area contributed by atoms with Crippen LogP contribution in [0.4, 0.5) is 0 Å². The summed E-state index contributed by atoms with van der Waals surface area (Å²) < 4.78 is 0. The molecule has 0 spiro atoms. The van der Waals surface area contributed by atoms with Crippen molar-refractivity contribution in [2.75, 3.05) is 6.61 Å². The highest BCUT2D eigenvalue weighted by Gasteiger charge is 1.97. The van der Waals surface area contributed by atoms with Gasteiger partial charge in [-0.3, -0.25) is 0 Å². The van der Waals surface area contributed by atoms with Gasteiger partial charge >= 0.3 is 0 Å². The van der Waals surface area contributed by atoms with Gasteiger partial charge in [0.1, 0.15) is 6.26 Å². The third kappa shape index (κ3) is 19.2. The molecule has 0 N–H and O–H groups in total. The zero-order chi connectivity index (χ0) is 15.6. The highest BCUT2D eigenvalue weighted by Crippen LogP contribution is 2.10. The summed E-state index contributed by atoms with van der Waals surface area (Å²) in [5, 5.41) is 27.1. The molecule has 0 radical (unpaired) electrons. The summed E-state index contributed by atoms with van der Waals surface area (Å²) in [4.78, 5) is 8.67. The zero-order valence-electron chi connectivity index (χ0n) is 12.5. The first kappa shape index (κ1) is 20.2. The maximum absolute atomic E-state index is 4.63. The number of hydrogen-bond donors (Lipinski definition) is 0. The molecule has 0 aromatic carbocycles. The highest BCUT2D eigenvalue weighted by molar-refractivity contribution is 4.47. The highest BCUT2D eigenvalue weighted by atomic mass is 17.9. The van der Waals surface area contributed by atoms with Gasteiger partial charge in [-0.25, -0.2) is 4.89 Å². The molecule has 0 atom stereocenters. The maximum atomic E-state index is 4.63. The van der Waals surface area contributed by atoms with Crippen LogP contribution in [0.2, 0.25) is 0 Å². The van der Waals surface area contributed by atoms with Crippen LogP contribution in [0.1, 0.15) is 52.4 Å². The van der Waals surface area contributed by atoms with Crippen molar-refractivity contribution < 1.29 is 45.0 Å². The van der Waals surface area contributed by atoms with Crippen molar-refractivity contribution in [2.24, 2.45) is 5.92 Å². The van der Waals surface area contributed by atoms with E-state index in [-0.39, 0.29) is 0 Å². The van der Waals surface area contributed by atoms with Crippen LogP contribution in [0.3, 0.4) is 0 Å². The molecule has 0 aromatic heterocycles. The molecule has 21 heavy (non-hydrogen) atoms. The minimum atomic E-state index is 0.376. The van der Waals surface area contributed by atoms with Gasteiger partial charge in [0.05, 0.1) is 6.61 Å². The Balaban J connectivity index is 2.95. The normalized spacial score (nSPS) is 11.0. The van der Waals surface area contributed by atoms with Crippen molar-refractivity contribution in [1.82, 2.24) is 0 Å². The largest absolute Gasteiger partial charge is 0.315 e. The number of hydrogen-bond acceptors (Lipinski definition) is 9. The Kier molecular flexibility index (Phi) is 16.6. The minimum absolute atomic E-state index is 0.376. The summed E-state index contributed by atoms with van der Waals surface area (Å²) in [6, 6.07) is 0. The molecule has 9 nitrogen and oxygen atoms in total. The fourth-order valence-electron chi connectivity index (χ4n) is 1.40. The lowest BCUT2D eigenvalue weighted by molar-refractivity contribution is -0.829. The lowest BCUT2D eigenvalue weighted by Crippen LogP contribution is -2.02. The average molecular weight is 312 g/mol. The first-order chi connectivity index (χ1) is 10.3. The molecular weight excluding hydrogens is 288 g/mol. The second-order valence-corrected chi connectivity index (χ2v) is 4.51. The lowest BCUT2D eigenvalue weighted by atomic mass is 10.0. The molecular formula is C12H24O9. The van der Waals surface area contributed by atoms with Crippen LogP contribution in [0.15, 0.2) is 12.8 Å². The second kappa shape index (κ2) is 17.3. The molecule has 0 saturated heterocycles. The van der Waals surface area contributed by atoms with E-state index in [0.717, 1.165) is 25.0 Å². The Morgan fingerprint density at radius 3 is 2.00 bits per heavy atom. The quantitative estimate of drug-likeness (QED) is 0.173. The van der Waals surface area contributed by atoms with Gasteiger partial charge in [0, 0.05) is 20.2 Å². The molecule has 0 rings (SSSR count). The molecule has 0 aliphatic heterocycles. The maximum Gasteiger partial charge on any atom is 0.125 e.